The third-order valence-electron chi connectivity index (χ3n) is 8.24. The summed E-state index contributed by atoms with van der Waals surface area (Å²) in [6, 6.07) is 16.1. The van der Waals surface area contributed by atoms with Crippen LogP contribution in [0.4, 0.5) is 0 Å². The van der Waals surface area contributed by atoms with Gasteiger partial charge in [-0.2, -0.15) is 5.26 Å². The third kappa shape index (κ3) is 3.21. The second kappa shape index (κ2) is 7.50. The highest BCUT2D eigenvalue weighted by Crippen LogP contribution is 2.58. The van der Waals surface area contributed by atoms with Crippen LogP contribution in [0.3, 0.4) is 0 Å². The van der Waals surface area contributed by atoms with Gasteiger partial charge in [-0.05, 0) is 67.0 Å². The van der Waals surface area contributed by atoms with Crippen LogP contribution in [-0.2, 0) is 10.6 Å². The van der Waals surface area contributed by atoms with Gasteiger partial charge < -0.3 is 10.5 Å². The van der Waals surface area contributed by atoms with Crippen LogP contribution < -0.4 is 10.5 Å². The first-order valence-electron chi connectivity index (χ1n) is 12.1. The molecule has 0 bridgehead atoms. The lowest BCUT2D eigenvalue weighted by molar-refractivity contribution is -0.220. The molecule has 0 aromatic heterocycles. The molecule has 33 heavy (non-hydrogen) atoms. The van der Waals surface area contributed by atoms with Crippen molar-refractivity contribution in [3.8, 4) is 22.9 Å². The minimum absolute atomic E-state index is 0.270. The van der Waals surface area contributed by atoms with E-state index in [1.165, 1.54) is 38.5 Å². The van der Waals surface area contributed by atoms with Crippen LogP contribution in [0.25, 0.3) is 11.1 Å². The molecule has 2 aliphatic carbocycles. The Morgan fingerprint density at radius 1 is 1.09 bits per heavy atom. The summed E-state index contributed by atoms with van der Waals surface area (Å²) in [7, 11) is 1.82. The predicted molar refractivity (Wildman–Crippen MR) is 126 cm³/mol. The van der Waals surface area contributed by atoms with Gasteiger partial charge in [0.15, 0.2) is 0 Å². The number of nitrogens with zero attached hydrogens (tertiary/aromatic N) is 3. The Morgan fingerprint density at radius 3 is 2.73 bits per heavy atom. The summed E-state index contributed by atoms with van der Waals surface area (Å²) in [5, 5.41) is 10.9. The van der Waals surface area contributed by atoms with E-state index in [9.17, 15) is 5.26 Å². The van der Waals surface area contributed by atoms with Gasteiger partial charge in [-0.1, -0.05) is 37.5 Å². The minimum atomic E-state index is -0.880. The molecule has 2 saturated carbocycles. The molecule has 4 atom stereocenters. The molecule has 4 unspecified atom stereocenters. The van der Waals surface area contributed by atoms with E-state index >= 15 is 0 Å². The topological polar surface area (TPSA) is 83.9 Å². The molecule has 6 heteroatoms. The third-order valence-corrected chi connectivity index (χ3v) is 8.24. The molecule has 0 amide bonds. The highest BCUT2D eigenvalue weighted by Gasteiger charge is 2.59. The number of hydrogen-bond acceptors (Lipinski definition) is 6. The van der Waals surface area contributed by atoms with Crippen molar-refractivity contribution in [3.05, 3.63) is 53.6 Å². The van der Waals surface area contributed by atoms with Gasteiger partial charge in [0.05, 0.1) is 17.2 Å². The highest BCUT2D eigenvalue weighted by molar-refractivity contribution is 5.79. The van der Waals surface area contributed by atoms with E-state index in [1.54, 1.807) is 5.06 Å². The summed E-state index contributed by atoms with van der Waals surface area (Å²) in [4.78, 5) is 11.4. The lowest BCUT2D eigenvalue weighted by Gasteiger charge is -2.54. The molecular formula is C27H30N4O2. The van der Waals surface area contributed by atoms with Crippen molar-refractivity contribution in [1.82, 2.24) is 5.06 Å². The first kappa shape index (κ1) is 20.6. The molecule has 4 aliphatic rings. The zero-order valence-electron chi connectivity index (χ0n) is 19.1. The maximum atomic E-state index is 9.34. The van der Waals surface area contributed by atoms with E-state index < -0.39 is 5.72 Å². The number of nitrogens with two attached hydrogens (primary N) is 1. The van der Waals surface area contributed by atoms with Gasteiger partial charge in [-0.15, -0.1) is 0 Å². The fraction of sp³-hybridized carbons (Fsp3) is 0.481. The summed E-state index contributed by atoms with van der Waals surface area (Å²) < 4.78 is 6.96. The lowest BCUT2D eigenvalue weighted by Crippen LogP contribution is -2.57. The highest BCUT2D eigenvalue weighted by atomic mass is 16.7. The zero-order valence-corrected chi connectivity index (χ0v) is 19.1. The molecule has 2 aromatic carbocycles. The Kier molecular flexibility index (Phi) is 4.67. The minimum Gasteiger partial charge on any atom is -0.486 e. The van der Waals surface area contributed by atoms with E-state index in [1.807, 2.05) is 31.3 Å². The molecule has 2 N–H and O–H groups in total. The molecule has 170 valence electrons. The number of rotatable bonds is 1. The Hall–Kier alpha value is -3.04. The summed E-state index contributed by atoms with van der Waals surface area (Å²) in [5.74, 6) is 2.49. The molecule has 6 rings (SSSR count). The number of aliphatic imine (C=N–C) groups is 1. The molecule has 2 aliphatic heterocycles. The lowest BCUT2D eigenvalue weighted by atomic mass is 9.60. The molecule has 2 heterocycles. The van der Waals surface area contributed by atoms with Gasteiger partial charge in [-0.25, -0.2) is 14.9 Å². The number of benzene rings is 2. The van der Waals surface area contributed by atoms with Gasteiger partial charge in [0.25, 0.3) is 0 Å². The number of fused-ring (bicyclic) bond motifs is 4. The number of ether oxygens (including phenoxy) is 1. The van der Waals surface area contributed by atoms with E-state index in [-0.39, 0.29) is 5.60 Å². The van der Waals surface area contributed by atoms with Crippen LogP contribution in [0, 0.1) is 23.2 Å². The van der Waals surface area contributed by atoms with Crippen molar-refractivity contribution in [2.75, 3.05) is 7.05 Å². The van der Waals surface area contributed by atoms with E-state index in [4.69, 9.17) is 20.3 Å². The molecule has 2 spiro atoms. The van der Waals surface area contributed by atoms with Crippen molar-refractivity contribution in [1.29, 1.82) is 5.26 Å². The van der Waals surface area contributed by atoms with Crippen molar-refractivity contribution in [2.24, 2.45) is 22.6 Å². The quantitative estimate of drug-likeness (QED) is 0.666. The van der Waals surface area contributed by atoms with Crippen LogP contribution in [0.5, 0.6) is 5.75 Å². The van der Waals surface area contributed by atoms with Crippen LogP contribution in [0.15, 0.2) is 47.5 Å². The molecule has 0 saturated heterocycles. The largest absolute Gasteiger partial charge is 0.486 e. The number of guanidine groups is 1. The number of nitriles is 1. The molecule has 2 aromatic rings. The summed E-state index contributed by atoms with van der Waals surface area (Å²) in [6.45, 7) is 0. The molecular weight excluding hydrogens is 412 g/mol. The van der Waals surface area contributed by atoms with E-state index in [2.05, 4.69) is 24.3 Å². The van der Waals surface area contributed by atoms with Gasteiger partial charge in [-0.3, -0.25) is 0 Å². The predicted octanol–water partition coefficient (Wildman–Crippen LogP) is 5.08. The van der Waals surface area contributed by atoms with E-state index in [0.717, 1.165) is 34.8 Å². The van der Waals surface area contributed by atoms with E-state index in [0.29, 0.717) is 23.9 Å². The van der Waals surface area contributed by atoms with Crippen molar-refractivity contribution >= 4 is 5.96 Å². The average Bonchev–Trinajstić information content (AvgIpc) is 3.12. The van der Waals surface area contributed by atoms with Crippen molar-refractivity contribution < 1.29 is 9.57 Å². The zero-order chi connectivity index (χ0) is 22.6. The maximum Gasteiger partial charge on any atom is 0.222 e. The van der Waals surface area contributed by atoms with Gasteiger partial charge in [0.2, 0.25) is 11.7 Å². The maximum absolute atomic E-state index is 9.34. The Labute approximate surface area is 195 Å². The summed E-state index contributed by atoms with van der Waals surface area (Å²) >= 11 is 0. The monoisotopic (exact) mass is 442 g/mol. The van der Waals surface area contributed by atoms with Crippen LogP contribution in [0.1, 0.15) is 62.5 Å². The average molecular weight is 443 g/mol. The Morgan fingerprint density at radius 2 is 1.91 bits per heavy atom. The van der Waals surface area contributed by atoms with Gasteiger partial charge in [0.1, 0.15) is 11.4 Å². The second-order valence-corrected chi connectivity index (χ2v) is 10.1. The molecule has 0 radical (unpaired) electrons. The second-order valence-electron chi connectivity index (χ2n) is 10.1. The smallest absolute Gasteiger partial charge is 0.222 e. The SMILES string of the molecule is CN1OC2(CC3(CCCC4CCCCC43)Oc3ccc(-c4cccc(C#N)c4)cc32)N=C1N. The van der Waals surface area contributed by atoms with Gasteiger partial charge >= 0.3 is 0 Å². The number of hydrogen-bond donors (Lipinski definition) is 1. The summed E-state index contributed by atoms with van der Waals surface area (Å²) in [6.07, 6.45) is 9.31. The number of hydroxylamine groups is 2. The van der Waals surface area contributed by atoms with Gasteiger partial charge in [0, 0.05) is 19.4 Å². The standard InChI is InChI=1S/C27H30N4O2/c1-31-25(29)30-27(33-31)17-26(13-5-9-19-7-2-3-10-22(19)26)32-24-12-11-21(15-23(24)27)20-8-4-6-18(14-20)16-28/h4,6,8,11-12,14-15,19,22H,2-3,5,7,9-10,13,17H2,1H3,(H2,29,30). The Bertz CT molecular complexity index is 1170. The first-order chi connectivity index (χ1) is 16.0. The van der Waals surface area contributed by atoms with Crippen LogP contribution in [0.2, 0.25) is 0 Å². The van der Waals surface area contributed by atoms with Crippen LogP contribution >= 0.6 is 0 Å². The molecule has 2 fully saturated rings. The summed E-state index contributed by atoms with van der Waals surface area (Å²) in [5.41, 5.74) is 8.65. The Balaban J connectivity index is 1.48. The van der Waals surface area contributed by atoms with Crippen molar-refractivity contribution in [3.63, 3.8) is 0 Å². The van der Waals surface area contributed by atoms with Crippen LogP contribution in [-0.4, -0.2) is 23.7 Å². The fourth-order valence-electron chi connectivity index (χ4n) is 6.80. The first-order valence-corrected chi connectivity index (χ1v) is 12.1. The molecule has 6 nitrogen and oxygen atoms in total. The fourth-order valence-corrected chi connectivity index (χ4v) is 6.80. The normalized spacial score (nSPS) is 32.6. The van der Waals surface area contributed by atoms with Crippen molar-refractivity contribution in [2.45, 2.75) is 62.7 Å².